The Morgan fingerprint density at radius 3 is 1.30 bits per heavy atom. The van der Waals surface area contributed by atoms with Crippen LogP contribution < -0.4 is 7.16 Å². The van der Waals surface area contributed by atoms with Crippen molar-refractivity contribution in [3.8, 4) is 0 Å². The van der Waals surface area contributed by atoms with Gasteiger partial charge < -0.3 is 4.98 Å². The first-order valence-electron chi connectivity index (χ1n) is 6.28. The monoisotopic (exact) mass is 411 g/mol. The Morgan fingerprint density at radius 2 is 1.00 bits per heavy atom. The molecular weight excluding hydrogens is 396 g/mol. The van der Waals surface area contributed by atoms with Crippen LogP contribution in [0.1, 0.15) is 0 Å². The summed E-state index contributed by atoms with van der Waals surface area (Å²) in [5.74, 6) is 0. The van der Waals surface area contributed by atoms with Crippen molar-refractivity contribution in [2.75, 3.05) is 0 Å². The molecule has 1 nitrogen and oxygen atoms in total. The maximum absolute atomic E-state index is 6.56. The molecule has 0 atom stereocenters. The molecule has 4 heteroatoms. The Bertz CT molecular complexity index is 536. The van der Waals surface area contributed by atoms with Gasteiger partial charge in [-0.3, -0.25) is 0 Å². The smallest absolute Gasteiger partial charge is 0.000496 e. The van der Waals surface area contributed by atoms with Crippen molar-refractivity contribution < 1.29 is 0 Å². The molecule has 3 aromatic rings. The van der Waals surface area contributed by atoms with Crippen LogP contribution in [-0.4, -0.2) is 21.1 Å². The Kier molecular flexibility index (Phi) is 6.02. The first-order valence-corrected chi connectivity index (χ1v) is 16.4. The predicted molar refractivity (Wildman–Crippen MR) is 90.4 cm³/mol. The van der Waals surface area contributed by atoms with Crippen LogP contribution in [0.25, 0.3) is 0 Å². The van der Waals surface area contributed by atoms with E-state index in [2.05, 4.69) is 4.98 Å². The molecule has 3 rings (SSSR count). The van der Waals surface area contributed by atoms with E-state index >= 15 is 0 Å². The fourth-order valence-corrected chi connectivity index (χ4v) is 9.56. The third-order valence-electron chi connectivity index (χ3n) is 2.77. The molecule has 1 heterocycles. The molecule has 0 radical (unpaired) electrons. The summed E-state index contributed by atoms with van der Waals surface area (Å²) in [6.45, 7) is 0. The molecule has 20 heavy (non-hydrogen) atoms. The quantitative estimate of drug-likeness (QED) is 0.619. The average molecular weight is 411 g/mol. The largest absolute Gasteiger partial charge is 0.368 e. The molecule has 2 aromatic carbocycles. The van der Waals surface area contributed by atoms with Crippen LogP contribution in [0.2, 0.25) is 0 Å². The number of aromatic nitrogens is 1. The van der Waals surface area contributed by atoms with E-state index in [-0.39, 0.29) is 0 Å². The number of benzene rings is 2. The number of hydrogen-bond donors (Lipinski definition) is 1. The van der Waals surface area contributed by atoms with Gasteiger partial charge in [-0.2, -0.15) is 0 Å². The van der Waals surface area contributed by atoms with E-state index in [1.807, 2.05) is 85.2 Å². The van der Waals surface area contributed by atoms with Gasteiger partial charge in [0, 0.05) is 12.4 Å². The zero-order valence-corrected chi connectivity index (χ0v) is 15.2. The topological polar surface area (TPSA) is 15.8 Å². The van der Waals surface area contributed by atoms with E-state index in [4.69, 9.17) is 17.8 Å². The van der Waals surface area contributed by atoms with E-state index in [1.165, 1.54) is 0 Å². The Labute approximate surface area is 130 Å². The summed E-state index contributed by atoms with van der Waals surface area (Å²) >= 11 is -3.30. The average Bonchev–Trinajstić information content (AvgIpc) is 3.09. The normalized spacial score (nSPS) is 10.5. The SMILES string of the molecule is [Cl][Sn]([Cl])([c]1ccccc1)[c]1ccccc1.c1cc[nH]c1. The van der Waals surface area contributed by atoms with Gasteiger partial charge in [0.15, 0.2) is 0 Å². The minimum atomic E-state index is -3.30. The molecule has 0 aliphatic heterocycles. The molecular formula is C16H15Cl2NSn. The molecule has 0 bridgehead atoms. The van der Waals surface area contributed by atoms with Crippen LogP contribution in [0.15, 0.2) is 85.2 Å². The molecule has 0 saturated heterocycles. The van der Waals surface area contributed by atoms with Crippen LogP contribution in [0.5, 0.6) is 0 Å². The number of hydrogen-bond acceptors (Lipinski definition) is 0. The zero-order chi connectivity index (χ0) is 14.3. The fourth-order valence-electron chi connectivity index (χ4n) is 1.74. The summed E-state index contributed by atoms with van der Waals surface area (Å²) in [7, 11) is 13.1. The molecule has 1 N–H and O–H groups in total. The second-order valence-corrected chi connectivity index (χ2v) is 19.7. The van der Waals surface area contributed by atoms with E-state index < -0.39 is 16.1 Å². The third kappa shape index (κ3) is 4.30. The first-order chi connectivity index (χ1) is 9.71. The molecule has 0 amide bonds. The zero-order valence-electron chi connectivity index (χ0n) is 10.8. The van der Waals surface area contributed by atoms with Gasteiger partial charge in [-0.15, -0.1) is 0 Å². The molecule has 0 aliphatic rings. The van der Waals surface area contributed by atoms with E-state index in [0.717, 1.165) is 7.16 Å². The molecule has 102 valence electrons. The second kappa shape index (κ2) is 7.77. The number of nitrogens with one attached hydrogen (secondary N) is 1. The third-order valence-corrected chi connectivity index (χ3v) is 14.7. The molecule has 0 aliphatic carbocycles. The maximum Gasteiger partial charge on any atom is 0.000496 e. The van der Waals surface area contributed by atoms with Gasteiger partial charge in [0.2, 0.25) is 0 Å². The van der Waals surface area contributed by atoms with Gasteiger partial charge in [-0.1, -0.05) is 0 Å². The van der Waals surface area contributed by atoms with Gasteiger partial charge in [-0.05, 0) is 12.1 Å². The van der Waals surface area contributed by atoms with Crippen molar-refractivity contribution >= 4 is 41.1 Å². The predicted octanol–water partition coefficient (Wildman–Crippen LogP) is 3.74. The van der Waals surface area contributed by atoms with Gasteiger partial charge in [0.05, 0.1) is 0 Å². The summed E-state index contributed by atoms with van der Waals surface area (Å²) in [6, 6.07) is 23.8. The van der Waals surface area contributed by atoms with Crippen LogP contribution in [0.4, 0.5) is 0 Å². The van der Waals surface area contributed by atoms with E-state index in [9.17, 15) is 0 Å². The first kappa shape index (κ1) is 15.5. The van der Waals surface area contributed by atoms with Gasteiger partial charge in [-0.25, -0.2) is 0 Å². The van der Waals surface area contributed by atoms with Gasteiger partial charge >= 0.3 is 102 Å². The van der Waals surface area contributed by atoms with Crippen molar-refractivity contribution in [3.63, 3.8) is 0 Å². The van der Waals surface area contributed by atoms with Crippen LogP contribution in [-0.2, 0) is 0 Å². The number of H-pyrrole nitrogens is 1. The molecule has 0 saturated carbocycles. The van der Waals surface area contributed by atoms with Crippen molar-refractivity contribution in [2.24, 2.45) is 0 Å². The molecule has 0 fully saturated rings. The Morgan fingerprint density at radius 1 is 0.600 bits per heavy atom. The summed E-state index contributed by atoms with van der Waals surface area (Å²) in [5, 5.41) is 0. The van der Waals surface area contributed by atoms with Gasteiger partial charge in [0.25, 0.3) is 0 Å². The minimum Gasteiger partial charge on any atom is -0.368 e. The molecule has 0 unspecified atom stereocenters. The second-order valence-electron chi connectivity index (χ2n) is 4.19. The van der Waals surface area contributed by atoms with Crippen LogP contribution in [0, 0.1) is 0 Å². The maximum atomic E-state index is 6.56. The summed E-state index contributed by atoms with van der Waals surface area (Å²) in [5.41, 5.74) is 0. The molecule has 0 spiro atoms. The van der Waals surface area contributed by atoms with E-state index in [1.54, 1.807) is 0 Å². The number of halogens is 2. The van der Waals surface area contributed by atoms with Crippen LogP contribution >= 0.6 is 17.8 Å². The fraction of sp³-hybridized carbons (Fsp3) is 0. The van der Waals surface area contributed by atoms with Crippen molar-refractivity contribution in [2.45, 2.75) is 0 Å². The standard InChI is InChI=1S/2C6H5.C4H5N.2ClH.Sn/c2*1-2-4-6-5-3-1;1-2-4-5-3-1;;;/h2*1-5H;1-5H;2*1H;/q;;;;;+2/p-2. The Hall–Kier alpha value is -0.901. The van der Waals surface area contributed by atoms with E-state index in [0.29, 0.717) is 0 Å². The number of rotatable bonds is 2. The summed E-state index contributed by atoms with van der Waals surface area (Å²) in [6.07, 6.45) is 3.75. The van der Waals surface area contributed by atoms with Gasteiger partial charge in [0.1, 0.15) is 0 Å². The van der Waals surface area contributed by atoms with Crippen molar-refractivity contribution in [3.05, 3.63) is 85.2 Å². The van der Waals surface area contributed by atoms with Crippen LogP contribution in [0.3, 0.4) is 0 Å². The minimum absolute atomic E-state index is 1.10. The Balaban J connectivity index is 0.000000247. The number of aromatic amines is 1. The summed E-state index contributed by atoms with van der Waals surface area (Å²) < 4.78 is 2.20. The van der Waals surface area contributed by atoms with Crippen molar-refractivity contribution in [1.82, 2.24) is 4.98 Å². The molecule has 1 aromatic heterocycles. The summed E-state index contributed by atoms with van der Waals surface area (Å²) in [4.78, 5) is 2.86. The van der Waals surface area contributed by atoms with Crippen molar-refractivity contribution in [1.29, 1.82) is 0 Å².